The van der Waals surface area contributed by atoms with Gasteiger partial charge in [0.05, 0.1) is 6.61 Å². The number of esters is 1. The highest BCUT2D eigenvalue weighted by Crippen LogP contribution is 2.21. The molecular formula is C20H19NO3. The molecule has 0 aliphatic carbocycles. The van der Waals surface area contributed by atoms with Gasteiger partial charge in [-0.2, -0.15) is 0 Å². The molecule has 0 atom stereocenters. The number of nitrogens with one attached hydrogen (secondary N) is 1. The Labute approximate surface area is 140 Å². The Morgan fingerprint density at radius 1 is 1.08 bits per heavy atom. The first kappa shape index (κ1) is 16.0. The standard InChI is InChI=1S/C20H19NO3/c1-3-24-20(23)18-12-17(13(2)21-18)19(22)11-15-9-6-8-14-7-4-5-10-16(14)15/h4-10,12,21H,3,11H2,1-2H3. The number of carbonyl (C=O) groups is 2. The number of carbonyl (C=O) groups excluding carboxylic acids is 2. The van der Waals surface area contributed by atoms with Crippen molar-refractivity contribution in [2.45, 2.75) is 20.3 Å². The van der Waals surface area contributed by atoms with Crippen LogP contribution in [0.2, 0.25) is 0 Å². The third kappa shape index (κ3) is 3.08. The Hall–Kier alpha value is -2.88. The molecule has 1 heterocycles. The van der Waals surface area contributed by atoms with Gasteiger partial charge in [0.1, 0.15) is 5.69 Å². The van der Waals surface area contributed by atoms with E-state index in [-0.39, 0.29) is 5.78 Å². The zero-order valence-electron chi connectivity index (χ0n) is 13.8. The van der Waals surface area contributed by atoms with Crippen molar-refractivity contribution in [3.05, 3.63) is 71.0 Å². The normalized spacial score (nSPS) is 10.8. The number of rotatable bonds is 5. The van der Waals surface area contributed by atoms with Gasteiger partial charge in [-0.15, -0.1) is 0 Å². The summed E-state index contributed by atoms with van der Waals surface area (Å²) in [6.45, 7) is 3.84. The summed E-state index contributed by atoms with van der Waals surface area (Å²) in [4.78, 5) is 27.4. The third-order valence-electron chi connectivity index (χ3n) is 4.04. The number of aromatic amines is 1. The molecule has 0 radical (unpaired) electrons. The molecule has 0 fully saturated rings. The molecule has 0 saturated carbocycles. The molecule has 24 heavy (non-hydrogen) atoms. The Bertz CT molecular complexity index is 903. The fourth-order valence-corrected chi connectivity index (χ4v) is 2.88. The van der Waals surface area contributed by atoms with Crippen LogP contribution in [0.25, 0.3) is 10.8 Å². The number of ether oxygens (including phenoxy) is 1. The summed E-state index contributed by atoms with van der Waals surface area (Å²) in [5.41, 5.74) is 2.52. The van der Waals surface area contributed by atoms with E-state index in [1.165, 1.54) is 0 Å². The number of Topliss-reactive ketones (excluding diaryl/α,β-unsaturated/α-hetero) is 1. The first-order valence-electron chi connectivity index (χ1n) is 7.96. The van der Waals surface area contributed by atoms with Crippen molar-refractivity contribution in [3.8, 4) is 0 Å². The van der Waals surface area contributed by atoms with Crippen molar-refractivity contribution in [2.75, 3.05) is 6.61 Å². The molecule has 0 aliphatic rings. The first-order valence-corrected chi connectivity index (χ1v) is 7.96. The van der Waals surface area contributed by atoms with Crippen LogP contribution in [0.1, 0.15) is 39.0 Å². The zero-order valence-corrected chi connectivity index (χ0v) is 13.8. The number of aryl methyl sites for hydroxylation is 1. The molecule has 0 spiro atoms. The van der Waals surface area contributed by atoms with Crippen LogP contribution in [0.4, 0.5) is 0 Å². The number of hydrogen-bond donors (Lipinski definition) is 1. The molecule has 122 valence electrons. The summed E-state index contributed by atoms with van der Waals surface area (Å²) in [7, 11) is 0. The van der Waals surface area contributed by atoms with E-state index < -0.39 is 5.97 Å². The van der Waals surface area contributed by atoms with Gasteiger partial charge in [-0.1, -0.05) is 42.5 Å². The van der Waals surface area contributed by atoms with Gasteiger partial charge in [0, 0.05) is 17.7 Å². The lowest BCUT2D eigenvalue weighted by Crippen LogP contribution is -2.05. The molecule has 4 nitrogen and oxygen atoms in total. The molecule has 3 aromatic rings. The van der Waals surface area contributed by atoms with Crippen molar-refractivity contribution in [1.29, 1.82) is 0 Å². The summed E-state index contributed by atoms with van der Waals surface area (Å²) >= 11 is 0. The molecular weight excluding hydrogens is 302 g/mol. The quantitative estimate of drug-likeness (QED) is 0.569. The van der Waals surface area contributed by atoms with E-state index >= 15 is 0 Å². The van der Waals surface area contributed by atoms with Gasteiger partial charge in [-0.05, 0) is 36.2 Å². The second kappa shape index (κ2) is 6.71. The Morgan fingerprint density at radius 2 is 1.83 bits per heavy atom. The maximum Gasteiger partial charge on any atom is 0.354 e. The van der Waals surface area contributed by atoms with Gasteiger partial charge in [0.2, 0.25) is 0 Å². The van der Waals surface area contributed by atoms with Gasteiger partial charge in [0.25, 0.3) is 0 Å². The van der Waals surface area contributed by atoms with Crippen LogP contribution in [0.3, 0.4) is 0 Å². The average molecular weight is 321 g/mol. The summed E-state index contributed by atoms with van der Waals surface area (Å²) in [5, 5.41) is 2.19. The molecule has 2 aromatic carbocycles. The first-order chi connectivity index (χ1) is 11.6. The van der Waals surface area contributed by atoms with Crippen LogP contribution in [0, 0.1) is 6.92 Å². The predicted molar refractivity (Wildman–Crippen MR) is 93.5 cm³/mol. The van der Waals surface area contributed by atoms with E-state index in [4.69, 9.17) is 4.74 Å². The Kier molecular flexibility index (Phi) is 4.47. The summed E-state index contributed by atoms with van der Waals surface area (Å²) in [6.07, 6.45) is 0.294. The van der Waals surface area contributed by atoms with Crippen LogP contribution >= 0.6 is 0 Å². The highest BCUT2D eigenvalue weighted by molar-refractivity contribution is 6.03. The molecule has 1 aromatic heterocycles. The number of benzene rings is 2. The fraction of sp³-hybridized carbons (Fsp3) is 0.200. The van der Waals surface area contributed by atoms with Gasteiger partial charge < -0.3 is 9.72 Å². The second-order valence-corrected chi connectivity index (χ2v) is 5.68. The summed E-state index contributed by atoms with van der Waals surface area (Å²) in [5.74, 6) is -0.458. The van der Waals surface area contributed by atoms with Crippen molar-refractivity contribution in [2.24, 2.45) is 0 Å². The number of ketones is 1. The maximum absolute atomic E-state index is 12.7. The van der Waals surface area contributed by atoms with Crippen LogP contribution in [-0.2, 0) is 11.2 Å². The van der Waals surface area contributed by atoms with Gasteiger partial charge in [0.15, 0.2) is 5.78 Å². The lowest BCUT2D eigenvalue weighted by molar-refractivity contribution is 0.0520. The van der Waals surface area contributed by atoms with Crippen molar-refractivity contribution >= 4 is 22.5 Å². The van der Waals surface area contributed by atoms with Gasteiger partial charge in [-0.25, -0.2) is 4.79 Å². The van der Waals surface area contributed by atoms with Crippen LogP contribution < -0.4 is 0 Å². The molecule has 0 unspecified atom stereocenters. The summed E-state index contributed by atoms with van der Waals surface area (Å²) < 4.78 is 4.97. The largest absolute Gasteiger partial charge is 0.461 e. The Balaban J connectivity index is 1.88. The Morgan fingerprint density at radius 3 is 2.62 bits per heavy atom. The topological polar surface area (TPSA) is 59.2 Å². The van der Waals surface area contributed by atoms with E-state index in [2.05, 4.69) is 4.98 Å². The van der Waals surface area contributed by atoms with Gasteiger partial charge in [-0.3, -0.25) is 4.79 Å². The minimum Gasteiger partial charge on any atom is -0.461 e. The molecule has 4 heteroatoms. The second-order valence-electron chi connectivity index (χ2n) is 5.68. The number of aromatic nitrogens is 1. The minimum absolute atomic E-state index is 0.0179. The van der Waals surface area contributed by atoms with Crippen molar-refractivity contribution in [1.82, 2.24) is 4.98 Å². The van der Waals surface area contributed by atoms with E-state index in [9.17, 15) is 9.59 Å². The lowest BCUT2D eigenvalue weighted by Gasteiger charge is -2.06. The van der Waals surface area contributed by atoms with Crippen molar-refractivity contribution < 1.29 is 14.3 Å². The number of H-pyrrole nitrogens is 1. The smallest absolute Gasteiger partial charge is 0.354 e. The monoisotopic (exact) mass is 321 g/mol. The molecule has 0 amide bonds. The van der Waals surface area contributed by atoms with E-state index in [0.29, 0.717) is 30.0 Å². The fourth-order valence-electron chi connectivity index (χ4n) is 2.88. The minimum atomic E-state index is -0.440. The predicted octanol–water partition coefficient (Wildman–Crippen LogP) is 4.08. The molecule has 1 N–H and O–H groups in total. The van der Waals surface area contributed by atoms with E-state index in [1.54, 1.807) is 19.9 Å². The lowest BCUT2D eigenvalue weighted by atomic mass is 9.98. The van der Waals surface area contributed by atoms with Crippen molar-refractivity contribution in [3.63, 3.8) is 0 Å². The van der Waals surface area contributed by atoms with Crippen LogP contribution in [0.5, 0.6) is 0 Å². The highest BCUT2D eigenvalue weighted by Gasteiger charge is 2.18. The molecule has 0 saturated heterocycles. The zero-order chi connectivity index (χ0) is 17.1. The number of hydrogen-bond acceptors (Lipinski definition) is 3. The molecule has 0 aliphatic heterocycles. The average Bonchev–Trinajstić information content (AvgIpc) is 2.97. The van der Waals surface area contributed by atoms with E-state index in [1.807, 2.05) is 42.5 Å². The molecule has 0 bridgehead atoms. The van der Waals surface area contributed by atoms with E-state index in [0.717, 1.165) is 16.3 Å². The molecule has 3 rings (SSSR count). The SMILES string of the molecule is CCOC(=O)c1cc(C(=O)Cc2cccc3ccccc23)c(C)[nH]1. The van der Waals surface area contributed by atoms with Crippen LogP contribution in [-0.4, -0.2) is 23.3 Å². The van der Waals surface area contributed by atoms with Gasteiger partial charge >= 0.3 is 5.97 Å². The highest BCUT2D eigenvalue weighted by atomic mass is 16.5. The third-order valence-corrected chi connectivity index (χ3v) is 4.04. The summed E-state index contributed by atoms with van der Waals surface area (Å²) in [6, 6.07) is 15.5. The van der Waals surface area contributed by atoms with Crippen LogP contribution in [0.15, 0.2) is 48.5 Å². The number of fused-ring (bicyclic) bond motifs is 1. The maximum atomic E-state index is 12.7.